The minimum atomic E-state index is -0.219. The molecule has 0 fully saturated rings. The number of rotatable bonds is 3. The van der Waals surface area contributed by atoms with Crippen molar-refractivity contribution in [3.63, 3.8) is 0 Å². The maximum absolute atomic E-state index is 9.71. The lowest BCUT2D eigenvalue weighted by Crippen LogP contribution is -2.31. The van der Waals surface area contributed by atoms with E-state index in [9.17, 15) is 10.5 Å². The van der Waals surface area contributed by atoms with Gasteiger partial charge in [0, 0.05) is 16.7 Å². The van der Waals surface area contributed by atoms with E-state index in [0.717, 1.165) is 44.4 Å². The first kappa shape index (κ1) is 25.3. The van der Waals surface area contributed by atoms with Crippen LogP contribution in [0.3, 0.4) is 0 Å². The van der Waals surface area contributed by atoms with Gasteiger partial charge in [0.1, 0.15) is 0 Å². The van der Waals surface area contributed by atoms with E-state index >= 15 is 0 Å². The van der Waals surface area contributed by atoms with Crippen molar-refractivity contribution >= 4 is 27.8 Å². The van der Waals surface area contributed by atoms with Crippen molar-refractivity contribution in [1.29, 1.82) is 10.5 Å². The number of hydrogen-bond acceptors (Lipinski definition) is 3. The molecule has 1 aliphatic rings. The minimum Gasteiger partial charge on any atom is -0.309 e. The monoisotopic (exact) mass is 537 g/mol. The highest BCUT2D eigenvalue weighted by Gasteiger charge is 2.38. The van der Waals surface area contributed by atoms with Gasteiger partial charge in [0.25, 0.3) is 0 Å². The molecule has 0 N–H and O–H groups in total. The Morgan fingerprint density at radius 1 is 0.571 bits per heavy atom. The van der Waals surface area contributed by atoms with Gasteiger partial charge in [-0.1, -0.05) is 105 Å². The third kappa shape index (κ3) is 3.87. The Bertz CT molecular complexity index is 2050. The quantitative estimate of drug-likeness (QED) is 0.226. The van der Waals surface area contributed by atoms with Gasteiger partial charge in [-0.15, -0.1) is 0 Å². The van der Waals surface area contributed by atoms with Crippen LogP contribution in [0.15, 0.2) is 127 Å². The number of hydrogen-bond donors (Lipinski definition) is 0. The van der Waals surface area contributed by atoms with Gasteiger partial charge in [0.2, 0.25) is 0 Å². The largest absolute Gasteiger partial charge is 0.309 e. The first-order chi connectivity index (χ1) is 20.5. The molecule has 0 amide bonds. The molecule has 0 atom stereocenters. The van der Waals surface area contributed by atoms with E-state index in [1.54, 1.807) is 6.07 Å². The van der Waals surface area contributed by atoms with E-state index in [2.05, 4.69) is 134 Å². The summed E-state index contributed by atoms with van der Waals surface area (Å²) in [5.41, 5.74) is 10.8. The molecule has 0 aliphatic carbocycles. The third-order valence-corrected chi connectivity index (χ3v) is 8.46. The fourth-order valence-corrected chi connectivity index (χ4v) is 6.53. The number of anilines is 3. The summed E-state index contributed by atoms with van der Waals surface area (Å²) in [4.78, 5) is 2.40. The molecule has 3 nitrogen and oxygen atoms in total. The molecule has 6 aromatic rings. The second kappa shape index (κ2) is 9.77. The summed E-state index contributed by atoms with van der Waals surface area (Å²) in [7, 11) is 0. The lowest BCUT2D eigenvalue weighted by atomic mass is 9.72. The van der Waals surface area contributed by atoms with Crippen LogP contribution in [0, 0.1) is 22.7 Å². The van der Waals surface area contributed by atoms with E-state index in [1.165, 1.54) is 16.8 Å². The van der Waals surface area contributed by atoms with E-state index in [0.29, 0.717) is 11.1 Å². The fourth-order valence-electron chi connectivity index (χ4n) is 6.53. The summed E-state index contributed by atoms with van der Waals surface area (Å²) in [5, 5.41) is 21.6. The van der Waals surface area contributed by atoms with E-state index in [4.69, 9.17) is 0 Å². The Morgan fingerprint density at radius 3 is 1.88 bits per heavy atom. The highest BCUT2D eigenvalue weighted by atomic mass is 15.2. The van der Waals surface area contributed by atoms with Crippen molar-refractivity contribution in [2.24, 2.45) is 0 Å². The van der Waals surface area contributed by atoms with Crippen LogP contribution in [0.1, 0.15) is 36.1 Å². The molecule has 1 aliphatic heterocycles. The van der Waals surface area contributed by atoms with E-state index in [1.807, 2.05) is 18.2 Å². The molecule has 7 rings (SSSR count). The summed E-state index contributed by atoms with van der Waals surface area (Å²) < 4.78 is 0. The summed E-state index contributed by atoms with van der Waals surface area (Å²) in [6.07, 6.45) is 0. The van der Waals surface area contributed by atoms with Gasteiger partial charge >= 0.3 is 0 Å². The topological polar surface area (TPSA) is 50.8 Å². The smallest absolute Gasteiger partial charge is 0.0992 e. The van der Waals surface area contributed by atoms with Crippen LogP contribution in [0.25, 0.3) is 33.0 Å². The van der Waals surface area contributed by atoms with Crippen molar-refractivity contribution in [1.82, 2.24) is 0 Å². The second-order valence-corrected chi connectivity index (χ2v) is 11.2. The Kier molecular flexibility index (Phi) is 5.89. The van der Waals surface area contributed by atoms with Crippen LogP contribution in [0.5, 0.6) is 0 Å². The molecule has 0 unspecified atom stereocenters. The Morgan fingerprint density at radius 2 is 1.17 bits per heavy atom. The van der Waals surface area contributed by atoms with Gasteiger partial charge in [-0.2, -0.15) is 10.5 Å². The first-order valence-corrected chi connectivity index (χ1v) is 14.1. The van der Waals surface area contributed by atoms with E-state index < -0.39 is 0 Å². The van der Waals surface area contributed by atoms with Crippen LogP contribution < -0.4 is 4.90 Å². The van der Waals surface area contributed by atoms with Gasteiger partial charge in [0.15, 0.2) is 0 Å². The molecule has 0 radical (unpaired) electrons. The summed E-state index contributed by atoms with van der Waals surface area (Å²) in [6.45, 7) is 4.62. The van der Waals surface area contributed by atoms with Crippen molar-refractivity contribution in [2.45, 2.75) is 19.3 Å². The van der Waals surface area contributed by atoms with Crippen molar-refractivity contribution in [2.75, 3.05) is 4.90 Å². The molecule has 0 saturated carbocycles. The van der Waals surface area contributed by atoms with E-state index in [-0.39, 0.29) is 5.41 Å². The highest BCUT2D eigenvalue weighted by molar-refractivity contribution is 6.09. The summed E-state index contributed by atoms with van der Waals surface area (Å²) >= 11 is 0. The average molecular weight is 538 g/mol. The molecule has 1 heterocycles. The number of fused-ring (bicyclic) bond motifs is 3. The molecule has 0 bridgehead atoms. The lowest BCUT2D eigenvalue weighted by molar-refractivity contribution is 0.632. The van der Waals surface area contributed by atoms with Gasteiger partial charge < -0.3 is 4.90 Å². The van der Waals surface area contributed by atoms with Crippen LogP contribution in [-0.4, -0.2) is 0 Å². The van der Waals surface area contributed by atoms with Gasteiger partial charge in [-0.25, -0.2) is 0 Å². The van der Waals surface area contributed by atoms with Crippen LogP contribution >= 0.6 is 0 Å². The Balaban J connectivity index is 1.58. The maximum Gasteiger partial charge on any atom is 0.0992 e. The first-order valence-electron chi connectivity index (χ1n) is 14.1. The number of para-hydroxylation sites is 3. The molecule has 0 aromatic heterocycles. The zero-order valence-corrected chi connectivity index (χ0v) is 23.5. The maximum atomic E-state index is 9.71. The summed E-state index contributed by atoms with van der Waals surface area (Å²) in [6, 6.07) is 48.5. The Labute approximate surface area is 246 Å². The van der Waals surface area contributed by atoms with Crippen LogP contribution in [0.2, 0.25) is 0 Å². The Hall–Kier alpha value is -5.64. The second-order valence-electron chi connectivity index (χ2n) is 11.2. The predicted octanol–water partition coefficient (Wildman–Crippen LogP) is 10.0. The minimum absolute atomic E-state index is 0.219. The molecule has 3 heteroatoms. The molecule has 0 saturated heterocycles. The van der Waals surface area contributed by atoms with Crippen LogP contribution in [-0.2, 0) is 5.41 Å². The molecular formula is C39H27N3. The summed E-state index contributed by atoms with van der Waals surface area (Å²) in [5.74, 6) is 0. The molecule has 198 valence electrons. The van der Waals surface area contributed by atoms with Crippen molar-refractivity contribution < 1.29 is 0 Å². The molecule has 6 aromatic carbocycles. The number of benzene rings is 6. The standard InChI is InChI=1S/C39H27N3/c1-39(2)34-18-6-7-20-36(34)42(30-13-4-3-5-14-30)38-33(17-10-19-35(38)39)32-16-9-12-28-11-8-15-31(37(28)32)29-22-26(24-40)21-27(23-29)25-41/h3-23H,1-2H3. The lowest BCUT2D eigenvalue weighted by Gasteiger charge is -2.43. The fraction of sp³-hybridized carbons (Fsp3) is 0.0769. The SMILES string of the molecule is CC1(C)c2ccccc2N(c2ccccc2)c2c(-c3cccc4cccc(-c5cc(C#N)cc(C#N)c5)c34)cccc21. The molecule has 0 spiro atoms. The van der Waals surface area contributed by atoms with Crippen molar-refractivity contribution in [3.05, 3.63) is 150 Å². The normalized spacial score (nSPS) is 13.1. The zero-order valence-electron chi connectivity index (χ0n) is 23.5. The van der Waals surface area contributed by atoms with Gasteiger partial charge in [0.05, 0.1) is 34.6 Å². The molecular weight excluding hydrogens is 510 g/mol. The average Bonchev–Trinajstić information content (AvgIpc) is 3.04. The predicted molar refractivity (Wildman–Crippen MR) is 171 cm³/mol. The number of nitriles is 2. The highest BCUT2D eigenvalue weighted by Crippen LogP contribution is 2.55. The van der Waals surface area contributed by atoms with Crippen LogP contribution in [0.4, 0.5) is 17.1 Å². The van der Waals surface area contributed by atoms with Gasteiger partial charge in [-0.3, -0.25) is 0 Å². The van der Waals surface area contributed by atoms with Crippen molar-refractivity contribution in [3.8, 4) is 34.4 Å². The third-order valence-electron chi connectivity index (χ3n) is 8.46. The number of nitrogens with zero attached hydrogens (tertiary/aromatic N) is 3. The van der Waals surface area contributed by atoms with Gasteiger partial charge in [-0.05, 0) is 75.0 Å². The zero-order chi connectivity index (χ0) is 28.8. The molecule has 42 heavy (non-hydrogen) atoms.